The van der Waals surface area contributed by atoms with Crippen LogP contribution in [-0.2, 0) is 10.2 Å². The van der Waals surface area contributed by atoms with Crippen molar-refractivity contribution in [1.29, 1.82) is 0 Å². The second-order valence-electron chi connectivity index (χ2n) is 5.97. The zero-order valence-electron chi connectivity index (χ0n) is 12.1. The van der Waals surface area contributed by atoms with Gasteiger partial charge >= 0.3 is 0 Å². The van der Waals surface area contributed by atoms with E-state index in [9.17, 15) is 4.79 Å². The van der Waals surface area contributed by atoms with Crippen molar-refractivity contribution >= 4 is 5.91 Å². The van der Waals surface area contributed by atoms with E-state index in [-0.39, 0.29) is 5.91 Å². The Morgan fingerprint density at radius 3 is 2.63 bits per heavy atom. The minimum atomic E-state index is -0.464. The highest BCUT2D eigenvalue weighted by atomic mass is 16.2. The Morgan fingerprint density at radius 2 is 2.05 bits per heavy atom. The van der Waals surface area contributed by atoms with E-state index < -0.39 is 5.41 Å². The van der Waals surface area contributed by atoms with Crippen molar-refractivity contribution < 1.29 is 4.79 Å². The van der Waals surface area contributed by atoms with Crippen molar-refractivity contribution in [2.24, 2.45) is 0 Å². The van der Waals surface area contributed by atoms with Gasteiger partial charge in [0.2, 0.25) is 5.91 Å². The molecule has 0 saturated carbocycles. The van der Waals surface area contributed by atoms with Gasteiger partial charge in [-0.3, -0.25) is 4.79 Å². The Kier molecular flexibility index (Phi) is 4.25. The van der Waals surface area contributed by atoms with Crippen LogP contribution in [0.3, 0.4) is 0 Å². The molecule has 1 fully saturated rings. The van der Waals surface area contributed by atoms with E-state index >= 15 is 0 Å². The SMILES string of the molecule is CN(CC1CCCN1)C(=O)C(C)(C)c1ccccc1. The molecule has 3 heteroatoms. The fourth-order valence-corrected chi connectivity index (χ4v) is 2.78. The molecule has 0 radical (unpaired) electrons. The van der Waals surface area contributed by atoms with Gasteiger partial charge in [-0.15, -0.1) is 0 Å². The molecule has 1 unspecified atom stereocenters. The lowest BCUT2D eigenvalue weighted by atomic mass is 9.83. The highest BCUT2D eigenvalue weighted by Crippen LogP contribution is 2.25. The molecule has 0 bridgehead atoms. The van der Waals surface area contributed by atoms with Gasteiger partial charge in [-0.2, -0.15) is 0 Å². The van der Waals surface area contributed by atoms with E-state index in [4.69, 9.17) is 0 Å². The predicted octanol–water partition coefficient (Wildman–Crippen LogP) is 2.17. The summed E-state index contributed by atoms with van der Waals surface area (Å²) in [6.07, 6.45) is 2.39. The van der Waals surface area contributed by atoms with Crippen molar-refractivity contribution in [2.75, 3.05) is 20.1 Å². The summed E-state index contributed by atoms with van der Waals surface area (Å²) < 4.78 is 0. The fourth-order valence-electron chi connectivity index (χ4n) is 2.78. The molecular formula is C16H24N2O. The number of nitrogens with zero attached hydrogens (tertiary/aromatic N) is 1. The lowest BCUT2D eigenvalue weighted by molar-refractivity contribution is -0.135. The molecule has 3 nitrogen and oxygen atoms in total. The van der Waals surface area contributed by atoms with Crippen LogP contribution in [0.15, 0.2) is 30.3 Å². The second kappa shape index (κ2) is 5.74. The number of carbonyl (C=O) groups excluding carboxylic acids is 1. The molecule has 0 aromatic heterocycles. The molecule has 0 spiro atoms. The normalized spacial score (nSPS) is 19.4. The molecule has 19 heavy (non-hydrogen) atoms. The molecule has 1 aromatic carbocycles. The van der Waals surface area contributed by atoms with Crippen molar-refractivity contribution in [2.45, 2.75) is 38.1 Å². The first-order chi connectivity index (χ1) is 9.01. The molecular weight excluding hydrogens is 236 g/mol. The van der Waals surface area contributed by atoms with Crippen LogP contribution in [0, 0.1) is 0 Å². The lowest BCUT2D eigenvalue weighted by Gasteiger charge is -2.31. The van der Waals surface area contributed by atoms with Crippen molar-refractivity contribution in [3.05, 3.63) is 35.9 Å². The van der Waals surface area contributed by atoms with Gasteiger partial charge in [0, 0.05) is 19.6 Å². The minimum absolute atomic E-state index is 0.187. The topological polar surface area (TPSA) is 32.3 Å². The highest BCUT2D eigenvalue weighted by molar-refractivity contribution is 5.87. The van der Waals surface area contributed by atoms with Gasteiger partial charge < -0.3 is 10.2 Å². The molecule has 1 aromatic rings. The number of hydrogen-bond acceptors (Lipinski definition) is 2. The van der Waals surface area contributed by atoms with Crippen LogP contribution in [0.5, 0.6) is 0 Å². The summed E-state index contributed by atoms with van der Waals surface area (Å²) >= 11 is 0. The first-order valence-electron chi connectivity index (χ1n) is 7.06. The van der Waals surface area contributed by atoms with Gasteiger partial charge in [0.1, 0.15) is 0 Å². The minimum Gasteiger partial charge on any atom is -0.343 e. The monoisotopic (exact) mass is 260 g/mol. The molecule has 1 saturated heterocycles. The molecule has 1 aliphatic rings. The number of rotatable bonds is 4. The lowest BCUT2D eigenvalue weighted by Crippen LogP contribution is -2.46. The number of hydrogen-bond donors (Lipinski definition) is 1. The van der Waals surface area contributed by atoms with Crippen LogP contribution >= 0.6 is 0 Å². The van der Waals surface area contributed by atoms with E-state index in [1.807, 2.05) is 56.1 Å². The van der Waals surface area contributed by atoms with E-state index in [1.165, 1.54) is 12.8 Å². The number of likely N-dealkylation sites (N-methyl/N-ethyl adjacent to an activating group) is 1. The van der Waals surface area contributed by atoms with Crippen LogP contribution in [-0.4, -0.2) is 37.0 Å². The standard InChI is InChI=1S/C16H24N2O/c1-16(2,13-8-5-4-6-9-13)15(19)18(3)12-14-10-7-11-17-14/h4-6,8-9,14,17H,7,10-12H2,1-3H3. The van der Waals surface area contributed by atoms with Gasteiger partial charge in [-0.05, 0) is 38.8 Å². The Bertz CT molecular complexity index is 422. The first kappa shape index (κ1) is 14.1. The molecule has 1 amide bonds. The predicted molar refractivity (Wildman–Crippen MR) is 78.1 cm³/mol. The molecule has 0 aliphatic carbocycles. The largest absolute Gasteiger partial charge is 0.343 e. The third-order valence-corrected chi connectivity index (χ3v) is 4.03. The van der Waals surface area contributed by atoms with Crippen molar-refractivity contribution in [3.8, 4) is 0 Å². The quantitative estimate of drug-likeness (QED) is 0.900. The summed E-state index contributed by atoms with van der Waals surface area (Å²) in [4.78, 5) is 14.5. The van der Waals surface area contributed by atoms with Crippen LogP contribution in [0.1, 0.15) is 32.3 Å². The number of carbonyl (C=O) groups is 1. The van der Waals surface area contributed by atoms with Gasteiger partial charge in [-0.25, -0.2) is 0 Å². The van der Waals surface area contributed by atoms with Gasteiger partial charge in [-0.1, -0.05) is 30.3 Å². The van der Waals surface area contributed by atoms with Crippen molar-refractivity contribution in [1.82, 2.24) is 10.2 Å². The van der Waals surface area contributed by atoms with Gasteiger partial charge in [0.05, 0.1) is 5.41 Å². The van der Waals surface area contributed by atoms with E-state index in [1.54, 1.807) is 0 Å². The Hall–Kier alpha value is -1.35. The maximum atomic E-state index is 12.7. The first-order valence-corrected chi connectivity index (χ1v) is 7.06. The summed E-state index contributed by atoms with van der Waals surface area (Å²) in [6, 6.07) is 10.5. The van der Waals surface area contributed by atoms with E-state index in [0.29, 0.717) is 6.04 Å². The Labute approximate surface area is 116 Å². The molecule has 1 heterocycles. The van der Waals surface area contributed by atoms with Crippen LogP contribution in [0.2, 0.25) is 0 Å². The summed E-state index contributed by atoms with van der Waals surface area (Å²) in [5.74, 6) is 0.187. The maximum Gasteiger partial charge on any atom is 0.232 e. The maximum absolute atomic E-state index is 12.7. The Balaban J connectivity index is 2.04. The number of nitrogens with one attached hydrogen (secondary N) is 1. The summed E-state index contributed by atoms with van der Waals surface area (Å²) in [5, 5.41) is 3.44. The van der Waals surface area contributed by atoms with E-state index in [2.05, 4.69) is 5.32 Å². The summed E-state index contributed by atoms with van der Waals surface area (Å²) in [7, 11) is 1.91. The zero-order valence-corrected chi connectivity index (χ0v) is 12.1. The van der Waals surface area contributed by atoms with Crippen LogP contribution in [0.25, 0.3) is 0 Å². The molecule has 1 N–H and O–H groups in total. The zero-order chi connectivity index (χ0) is 13.9. The van der Waals surface area contributed by atoms with Gasteiger partial charge in [0.25, 0.3) is 0 Å². The average molecular weight is 260 g/mol. The van der Waals surface area contributed by atoms with E-state index in [0.717, 1.165) is 18.7 Å². The second-order valence-corrected chi connectivity index (χ2v) is 5.97. The average Bonchev–Trinajstić information content (AvgIpc) is 2.91. The van der Waals surface area contributed by atoms with Gasteiger partial charge in [0.15, 0.2) is 0 Å². The summed E-state index contributed by atoms with van der Waals surface area (Å²) in [6.45, 7) is 5.89. The number of amides is 1. The third kappa shape index (κ3) is 3.16. The van der Waals surface area contributed by atoms with Crippen LogP contribution < -0.4 is 5.32 Å². The highest BCUT2D eigenvalue weighted by Gasteiger charge is 2.33. The van der Waals surface area contributed by atoms with Crippen LogP contribution in [0.4, 0.5) is 0 Å². The fraction of sp³-hybridized carbons (Fsp3) is 0.562. The molecule has 1 aliphatic heterocycles. The Morgan fingerprint density at radius 1 is 1.37 bits per heavy atom. The number of benzene rings is 1. The molecule has 104 valence electrons. The molecule has 2 rings (SSSR count). The van der Waals surface area contributed by atoms with Crippen molar-refractivity contribution in [3.63, 3.8) is 0 Å². The molecule has 1 atom stereocenters. The smallest absolute Gasteiger partial charge is 0.232 e. The summed E-state index contributed by atoms with van der Waals surface area (Å²) in [5.41, 5.74) is 0.612. The third-order valence-electron chi connectivity index (χ3n) is 4.03.